The minimum atomic E-state index is 0.822. The van der Waals surface area contributed by atoms with Crippen LogP contribution < -0.4 is 14.8 Å². The fourth-order valence-electron chi connectivity index (χ4n) is 1.22. The molecule has 1 aliphatic rings. The van der Waals surface area contributed by atoms with E-state index in [4.69, 9.17) is 9.47 Å². The first-order valence-corrected chi connectivity index (χ1v) is 4.09. The van der Waals surface area contributed by atoms with Crippen LogP contribution in [0.15, 0.2) is 30.2 Å². The van der Waals surface area contributed by atoms with Crippen LogP contribution in [-0.4, -0.2) is 7.11 Å². The summed E-state index contributed by atoms with van der Waals surface area (Å²) in [7, 11) is 1.65. The number of allylic oxidation sites excluding steroid dienone is 1. The Morgan fingerprint density at radius 1 is 1.38 bits per heavy atom. The molecule has 1 heterocycles. The first-order chi connectivity index (χ1) is 6.29. The second kappa shape index (κ2) is 3.01. The molecule has 0 bridgehead atoms. The van der Waals surface area contributed by atoms with Gasteiger partial charge in [0.25, 0.3) is 0 Å². The van der Waals surface area contributed by atoms with E-state index in [1.54, 1.807) is 7.11 Å². The molecule has 0 aliphatic carbocycles. The fourth-order valence-corrected chi connectivity index (χ4v) is 1.22. The summed E-state index contributed by atoms with van der Waals surface area (Å²) in [6.45, 7) is 1.90. The zero-order valence-electron chi connectivity index (χ0n) is 7.63. The smallest absolute Gasteiger partial charge is 0.150 e. The average molecular weight is 177 g/mol. The minimum Gasteiger partial charge on any atom is -0.497 e. The standard InChI is InChI=1S/C10H11NO2/c1-7-6-11-9-5-8(12-2)3-4-10(9)13-7/h3-6,11H,1-2H3. The van der Waals surface area contributed by atoms with Crippen molar-refractivity contribution in [3.8, 4) is 11.5 Å². The Kier molecular flexibility index (Phi) is 1.85. The van der Waals surface area contributed by atoms with Crippen LogP contribution in [0.2, 0.25) is 0 Å². The zero-order valence-corrected chi connectivity index (χ0v) is 7.63. The summed E-state index contributed by atoms with van der Waals surface area (Å²) in [5, 5.41) is 3.12. The number of nitrogens with one attached hydrogen (secondary N) is 1. The molecular weight excluding hydrogens is 166 g/mol. The van der Waals surface area contributed by atoms with Crippen molar-refractivity contribution in [2.24, 2.45) is 0 Å². The average Bonchev–Trinajstić information content (AvgIpc) is 2.17. The van der Waals surface area contributed by atoms with Crippen molar-refractivity contribution in [3.05, 3.63) is 30.2 Å². The second-order valence-electron chi connectivity index (χ2n) is 2.86. The Morgan fingerprint density at radius 3 is 3.00 bits per heavy atom. The molecule has 0 aromatic heterocycles. The molecule has 1 aromatic carbocycles. The topological polar surface area (TPSA) is 30.5 Å². The van der Waals surface area contributed by atoms with Gasteiger partial charge in [-0.15, -0.1) is 0 Å². The molecule has 0 radical (unpaired) electrons. The molecular formula is C10H11NO2. The number of benzene rings is 1. The summed E-state index contributed by atoms with van der Waals surface area (Å²) in [6.07, 6.45) is 1.82. The highest BCUT2D eigenvalue weighted by Crippen LogP contribution is 2.32. The quantitative estimate of drug-likeness (QED) is 0.714. The normalized spacial score (nSPS) is 13.5. The first kappa shape index (κ1) is 7.98. The molecule has 0 saturated heterocycles. The number of methoxy groups -OCH3 is 1. The molecule has 0 fully saturated rings. The maximum atomic E-state index is 5.47. The van der Waals surface area contributed by atoms with Gasteiger partial charge in [0.15, 0.2) is 5.75 Å². The molecule has 0 amide bonds. The van der Waals surface area contributed by atoms with Gasteiger partial charge in [0, 0.05) is 12.3 Å². The number of ether oxygens (including phenoxy) is 2. The van der Waals surface area contributed by atoms with Crippen LogP contribution in [0.5, 0.6) is 11.5 Å². The summed E-state index contributed by atoms with van der Waals surface area (Å²) >= 11 is 0. The van der Waals surface area contributed by atoms with Crippen LogP contribution in [0.25, 0.3) is 0 Å². The highest BCUT2D eigenvalue weighted by Gasteiger charge is 2.09. The van der Waals surface area contributed by atoms with E-state index in [1.807, 2.05) is 31.3 Å². The van der Waals surface area contributed by atoms with Crippen LogP contribution in [0.1, 0.15) is 6.92 Å². The molecule has 2 rings (SSSR count). The van der Waals surface area contributed by atoms with Crippen LogP contribution in [0.4, 0.5) is 5.69 Å². The third-order valence-electron chi connectivity index (χ3n) is 1.89. The van der Waals surface area contributed by atoms with Gasteiger partial charge in [-0.1, -0.05) is 0 Å². The predicted molar refractivity (Wildman–Crippen MR) is 51.0 cm³/mol. The molecule has 1 N–H and O–H groups in total. The van der Waals surface area contributed by atoms with Crippen molar-refractivity contribution >= 4 is 5.69 Å². The predicted octanol–water partition coefficient (Wildman–Crippen LogP) is 2.36. The lowest BCUT2D eigenvalue weighted by Gasteiger charge is -2.17. The fraction of sp³-hybridized carbons (Fsp3) is 0.200. The van der Waals surface area contributed by atoms with Gasteiger partial charge in [-0.05, 0) is 19.1 Å². The highest BCUT2D eigenvalue weighted by atomic mass is 16.5. The van der Waals surface area contributed by atoms with Crippen molar-refractivity contribution in [2.75, 3.05) is 12.4 Å². The first-order valence-electron chi connectivity index (χ1n) is 4.09. The highest BCUT2D eigenvalue weighted by molar-refractivity contribution is 5.63. The van der Waals surface area contributed by atoms with Gasteiger partial charge in [-0.2, -0.15) is 0 Å². The van der Waals surface area contributed by atoms with Gasteiger partial charge < -0.3 is 14.8 Å². The van der Waals surface area contributed by atoms with E-state index in [9.17, 15) is 0 Å². The molecule has 0 unspecified atom stereocenters. The van der Waals surface area contributed by atoms with E-state index in [-0.39, 0.29) is 0 Å². The van der Waals surface area contributed by atoms with E-state index in [0.29, 0.717) is 0 Å². The lowest BCUT2D eigenvalue weighted by molar-refractivity contribution is 0.406. The maximum absolute atomic E-state index is 5.47. The van der Waals surface area contributed by atoms with E-state index in [1.165, 1.54) is 0 Å². The van der Waals surface area contributed by atoms with Crippen LogP contribution in [0, 0.1) is 0 Å². The summed E-state index contributed by atoms with van der Waals surface area (Å²) < 4.78 is 10.6. The lowest BCUT2D eigenvalue weighted by atomic mass is 10.2. The molecule has 1 aromatic rings. The molecule has 68 valence electrons. The van der Waals surface area contributed by atoms with Crippen LogP contribution >= 0.6 is 0 Å². The van der Waals surface area contributed by atoms with Crippen LogP contribution in [-0.2, 0) is 0 Å². The Bertz CT molecular complexity index is 358. The minimum absolute atomic E-state index is 0.822. The van der Waals surface area contributed by atoms with Crippen molar-refractivity contribution in [3.63, 3.8) is 0 Å². The number of hydrogen-bond donors (Lipinski definition) is 1. The van der Waals surface area contributed by atoms with E-state index in [2.05, 4.69) is 5.32 Å². The molecule has 3 nitrogen and oxygen atoms in total. The molecule has 3 heteroatoms. The van der Waals surface area contributed by atoms with Crippen molar-refractivity contribution < 1.29 is 9.47 Å². The Hall–Kier alpha value is -1.64. The number of anilines is 1. The third-order valence-corrected chi connectivity index (χ3v) is 1.89. The summed E-state index contributed by atoms with van der Waals surface area (Å²) in [5.41, 5.74) is 0.935. The van der Waals surface area contributed by atoms with Crippen molar-refractivity contribution in [2.45, 2.75) is 6.92 Å². The molecule has 0 saturated carbocycles. The van der Waals surface area contributed by atoms with Gasteiger partial charge in [-0.3, -0.25) is 0 Å². The summed E-state index contributed by atoms with van der Waals surface area (Å²) in [6, 6.07) is 5.66. The van der Waals surface area contributed by atoms with Gasteiger partial charge in [0.2, 0.25) is 0 Å². The Morgan fingerprint density at radius 2 is 2.23 bits per heavy atom. The van der Waals surface area contributed by atoms with Crippen molar-refractivity contribution in [1.82, 2.24) is 0 Å². The third kappa shape index (κ3) is 1.45. The van der Waals surface area contributed by atoms with E-state index >= 15 is 0 Å². The SMILES string of the molecule is COc1ccc2c(c1)NC=C(C)O2. The van der Waals surface area contributed by atoms with Gasteiger partial charge in [-0.25, -0.2) is 0 Å². The molecule has 1 aliphatic heterocycles. The molecule has 0 atom stereocenters. The van der Waals surface area contributed by atoms with Gasteiger partial charge >= 0.3 is 0 Å². The van der Waals surface area contributed by atoms with Crippen LogP contribution in [0.3, 0.4) is 0 Å². The number of rotatable bonds is 1. The van der Waals surface area contributed by atoms with Crippen molar-refractivity contribution in [1.29, 1.82) is 0 Å². The second-order valence-corrected chi connectivity index (χ2v) is 2.86. The number of hydrogen-bond acceptors (Lipinski definition) is 3. The molecule has 13 heavy (non-hydrogen) atoms. The summed E-state index contributed by atoms with van der Waals surface area (Å²) in [4.78, 5) is 0. The lowest BCUT2D eigenvalue weighted by Crippen LogP contribution is -2.04. The van der Waals surface area contributed by atoms with Gasteiger partial charge in [0.05, 0.1) is 12.8 Å². The Labute approximate surface area is 77.0 Å². The summed E-state index contributed by atoms with van der Waals surface area (Å²) in [5.74, 6) is 2.52. The number of fused-ring (bicyclic) bond motifs is 1. The maximum Gasteiger partial charge on any atom is 0.150 e. The largest absolute Gasteiger partial charge is 0.497 e. The van der Waals surface area contributed by atoms with Gasteiger partial charge in [0.1, 0.15) is 11.5 Å². The monoisotopic (exact) mass is 177 g/mol. The Balaban J connectivity index is 2.36. The molecule has 0 spiro atoms. The van der Waals surface area contributed by atoms with E-state index in [0.717, 1.165) is 22.9 Å². The zero-order chi connectivity index (χ0) is 9.26. The van der Waals surface area contributed by atoms with E-state index < -0.39 is 0 Å².